The van der Waals surface area contributed by atoms with Crippen LogP contribution in [0.25, 0.3) is 11.3 Å². The molecule has 0 saturated carbocycles. The minimum atomic E-state index is -0.256. The number of carbonyl (C=O) groups excluding carboxylic acids is 1. The Bertz CT molecular complexity index is 836. The number of nitrogens with one attached hydrogen (secondary N) is 2. The van der Waals surface area contributed by atoms with Gasteiger partial charge in [-0.05, 0) is 25.8 Å². The number of carbonyl (C=O) groups is 1. The minimum absolute atomic E-state index is 0.198. The number of amides is 1. The van der Waals surface area contributed by atoms with Crippen LogP contribution in [0, 0.1) is 6.92 Å². The predicted octanol–water partition coefficient (Wildman–Crippen LogP) is 3.43. The molecule has 0 bridgehead atoms. The molecule has 1 atom stereocenters. The lowest BCUT2D eigenvalue weighted by Crippen LogP contribution is -2.28. The fourth-order valence-corrected chi connectivity index (χ4v) is 2.61. The maximum absolute atomic E-state index is 12.5. The van der Waals surface area contributed by atoms with E-state index < -0.39 is 0 Å². The van der Waals surface area contributed by atoms with Gasteiger partial charge in [-0.3, -0.25) is 4.79 Å². The van der Waals surface area contributed by atoms with Crippen LogP contribution in [-0.2, 0) is 6.42 Å². The normalized spacial score (nSPS) is 12.1. The third-order valence-corrected chi connectivity index (χ3v) is 3.93. The topological polar surface area (TPSA) is 83.8 Å². The van der Waals surface area contributed by atoms with Crippen molar-refractivity contribution in [1.82, 2.24) is 20.4 Å². The van der Waals surface area contributed by atoms with Crippen LogP contribution in [0.5, 0.6) is 0 Å². The van der Waals surface area contributed by atoms with E-state index >= 15 is 0 Å². The average molecular weight is 324 g/mol. The lowest BCUT2D eigenvalue weighted by atomic mass is 10.1. The third-order valence-electron chi connectivity index (χ3n) is 3.93. The summed E-state index contributed by atoms with van der Waals surface area (Å²) in [4.78, 5) is 20.2. The second kappa shape index (κ2) is 6.70. The second-order valence-corrected chi connectivity index (χ2v) is 5.66. The van der Waals surface area contributed by atoms with Gasteiger partial charge >= 0.3 is 0 Å². The number of aryl methyl sites for hydroxylation is 2. The van der Waals surface area contributed by atoms with Gasteiger partial charge in [0.15, 0.2) is 0 Å². The van der Waals surface area contributed by atoms with Crippen molar-refractivity contribution in [2.24, 2.45) is 0 Å². The molecule has 0 spiro atoms. The van der Waals surface area contributed by atoms with E-state index in [1.54, 1.807) is 13.1 Å². The van der Waals surface area contributed by atoms with Crippen LogP contribution in [0.1, 0.15) is 47.5 Å². The lowest BCUT2D eigenvalue weighted by molar-refractivity contribution is 0.0936. The standard InChI is InChI=1S/C18H20N4O2/c1-4-14-16(12(3)24-22-14)18(23)20-11(2)17-19-10-15(21-17)13-8-6-5-7-9-13/h5-11H,4H2,1-3H3,(H,19,21)(H,20,23). The molecule has 0 aliphatic rings. The Morgan fingerprint density at radius 2 is 2.08 bits per heavy atom. The molecule has 6 heteroatoms. The highest BCUT2D eigenvalue weighted by molar-refractivity contribution is 5.96. The first-order chi connectivity index (χ1) is 11.6. The van der Waals surface area contributed by atoms with Gasteiger partial charge in [0, 0.05) is 0 Å². The molecule has 3 aromatic rings. The van der Waals surface area contributed by atoms with Gasteiger partial charge in [-0.2, -0.15) is 0 Å². The smallest absolute Gasteiger partial charge is 0.257 e. The fourth-order valence-electron chi connectivity index (χ4n) is 2.61. The van der Waals surface area contributed by atoms with Crippen LogP contribution in [-0.4, -0.2) is 21.0 Å². The summed E-state index contributed by atoms with van der Waals surface area (Å²) in [6.45, 7) is 5.57. The lowest BCUT2D eigenvalue weighted by Gasteiger charge is -2.11. The van der Waals surface area contributed by atoms with Crippen LogP contribution in [0.15, 0.2) is 41.1 Å². The maximum Gasteiger partial charge on any atom is 0.257 e. The number of benzene rings is 1. The molecule has 2 heterocycles. The Labute approximate surface area is 140 Å². The summed E-state index contributed by atoms with van der Waals surface area (Å²) < 4.78 is 5.12. The van der Waals surface area contributed by atoms with Crippen molar-refractivity contribution < 1.29 is 9.32 Å². The summed E-state index contributed by atoms with van der Waals surface area (Å²) in [7, 11) is 0. The van der Waals surface area contributed by atoms with Crippen molar-refractivity contribution in [3.63, 3.8) is 0 Å². The van der Waals surface area contributed by atoms with E-state index in [9.17, 15) is 4.79 Å². The summed E-state index contributed by atoms with van der Waals surface area (Å²) in [5.41, 5.74) is 3.15. The largest absolute Gasteiger partial charge is 0.361 e. The number of imidazole rings is 1. The Kier molecular flexibility index (Phi) is 4.46. The number of hydrogen-bond acceptors (Lipinski definition) is 4. The number of aromatic nitrogens is 3. The summed E-state index contributed by atoms with van der Waals surface area (Å²) in [6, 6.07) is 9.68. The molecule has 24 heavy (non-hydrogen) atoms. The highest BCUT2D eigenvalue weighted by Crippen LogP contribution is 2.20. The maximum atomic E-state index is 12.5. The second-order valence-electron chi connectivity index (χ2n) is 5.66. The van der Waals surface area contributed by atoms with Gasteiger partial charge < -0.3 is 14.8 Å². The average Bonchev–Trinajstić information content (AvgIpc) is 3.22. The molecule has 0 aliphatic carbocycles. The van der Waals surface area contributed by atoms with E-state index in [-0.39, 0.29) is 11.9 Å². The first kappa shape index (κ1) is 16.0. The van der Waals surface area contributed by atoms with Crippen LogP contribution in [0.3, 0.4) is 0 Å². The van der Waals surface area contributed by atoms with Crippen LogP contribution in [0.4, 0.5) is 0 Å². The van der Waals surface area contributed by atoms with Crippen LogP contribution < -0.4 is 5.32 Å². The summed E-state index contributed by atoms with van der Waals surface area (Å²) in [5, 5.41) is 6.87. The minimum Gasteiger partial charge on any atom is -0.361 e. The Morgan fingerprint density at radius 1 is 1.33 bits per heavy atom. The summed E-state index contributed by atoms with van der Waals surface area (Å²) in [5.74, 6) is 1.03. The first-order valence-corrected chi connectivity index (χ1v) is 7.96. The molecule has 0 aliphatic heterocycles. The van der Waals surface area contributed by atoms with Gasteiger partial charge in [-0.25, -0.2) is 4.98 Å². The molecular formula is C18H20N4O2. The number of hydrogen-bond donors (Lipinski definition) is 2. The number of rotatable bonds is 5. The van der Waals surface area contributed by atoms with Crippen molar-refractivity contribution in [3.8, 4) is 11.3 Å². The van der Waals surface area contributed by atoms with Crippen molar-refractivity contribution in [2.75, 3.05) is 0 Å². The Hall–Kier alpha value is -2.89. The molecule has 2 N–H and O–H groups in total. The monoisotopic (exact) mass is 324 g/mol. The Balaban J connectivity index is 1.76. The highest BCUT2D eigenvalue weighted by Gasteiger charge is 2.22. The van der Waals surface area contributed by atoms with E-state index in [1.807, 2.05) is 44.2 Å². The van der Waals surface area contributed by atoms with E-state index in [4.69, 9.17) is 4.52 Å². The third kappa shape index (κ3) is 3.08. The molecule has 0 radical (unpaired) electrons. The van der Waals surface area contributed by atoms with Gasteiger partial charge in [0.25, 0.3) is 5.91 Å². The van der Waals surface area contributed by atoms with Gasteiger partial charge in [0.1, 0.15) is 17.1 Å². The van der Waals surface area contributed by atoms with Gasteiger partial charge in [-0.1, -0.05) is 42.4 Å². The predicted molar refractivity (Wildman–Crippen MR) is 90.5 cm³/mol. The van der Waals surface area contributed by atoms with E-state index in [1.165, 1.54) is 0 Å². The molecule has 124 valence electrons. The molecule has 3 rings (SSSR count). The molecule has 2 aromatic heterocycles. The fraction of sp³-hybridized carbons (Fsp3) is 0.278. The van der Waals surface area contributed by atoms with Crippen molar-refractivity contribution in [1.29, 1.82) is 0 Å². The molecular weight excluding hydrogens is 304 g/mol. The van der Waals surface area contributed by atoms with E-state index in [0.717, 1.165) is 11.3 Å². The van der Waals surface area contributed by atoms with E-state index in [0.29, 0.717) is 29.3 Å². The van der Waals surface area contributed by atoms with Gasteiger partial charge in [0.05, 0.1) is 23.6 Å². The van der Waals surface area contributed by atoms with Crippen molar-refractivity contribution in [3.05, 3.63) is 59.4 Å². The van der Waals surface area contributed by atoms with Crippen molar-refractivity contribution in [2.45, 2.75) is 33.2 Å². The highest BCUT2D eigenvalue weighted by atomic mass is 16.5. The zero-order valence-electron chi connectivity index (χ0n) is 14.0. The number of H-pyrrole nitrogens is 1. The van der Waals surface area contributed by atoms with Crippen LogP contribution in [0.2, 0.25) is 0 Å². The molecule has 0 saturated heterocycles. The quantitative estimate of drug-likeness (QED) is 0.753. The molecule has 6 nitrogen and oxygen atoms in total. The van der Waals surface area contributed by atoms with Crippen LogP contribution >= 0.6 is 0 Å². The zero-order valence-corrected chi connectivity index (χ0v) is 14.0. The SMILES string of the molecule is CCc1noc(C)c1C(=O)NC(C)c1ncc(-c2ccccc2)[nH]1. The Morgan fingerprint density at radius 3 is 2.79 bits per heavy atom. The molecule has 1 aromatic carbocycles. The summed E-state index contributed by atoms with van der Waals surface area (Å²) >= 11 is 0. The number of aromatic amines is 1. The van der Waals surface area contributed by atoms with Gasteiger partial charge in [-0.15, -0.1) is 0 Å². The number of nitrogens with zero attached hydrogens (tertiary/aromatic N) is 2. The molecule has 1 unspecified atom stereocenters. The van der Waals surface area contributed by atoms with E-state index in [2.05, 4.69) is 20.4 Å². The van der Waals surface area contributed by atoms with Crippen molar-refractivity contribution >= 4 is 5.91 Å². The summed E-state index contributed by atoms with van der Waals surface area (Å²) in [6.07, 6.45) is 2.42. The first-order valence-electron chi connectivity index (χ1n) is 7.96. The molecule has 1 amide bonds. The van der Waals surface area contributed by atoms with Gasteiger partial charge in [0.2, 0.25) is 0 Å². The molecule has 0 fully saturated rings. The zero-order chi connectivity index (χ0) is 17.1.